The van der Waals surface area contributed by atoms with Crippen LogP contribution in [0.4, 0.5) is 0 Å². The Labute approximate surface area is 163 Å². The zero-order valence-electron chi connectivity index (χ0n) is 18.6. The average Bonchev–Trinajstić information content (AvgIpc) is 2.69. The quantitative estimate of drug-likeness (QED) is 0.485. The molecule has 1 aliphatic heterocycles. The van der Waals surface area contributed by atoms with Crippen molar-refractivity contribution in [1.82, 2.24) is 0 Å². The Morgan fingerprint density at radius 3 is 2.42 bits per heavy atom. The summed E-state index contributed by atoms with van der Waals surface area (Å²) in [5, 5.41) is 0. The Hall–Kier alpha value is -0.340. The molecule has 6 unspecified atom stereocenters. The third kappa shape index (κ3) is 3.78. The highest BCUT2D eigenvalue weighted by molar-refractivity contribution is 5.25. The Bertz CT molecular complexity index is 471. The molecular formula is C24H44O2. The van der Waals surface area contributed by atoms with Gasteiger partial charge in [0.05, 0.1) is 12.7 Å². The van der Waals surface area contributed by atoms with Crippen molar-refractivity contribution < 1.29 is 9.47 Å². The number of ether oxygens (including phenoxy) is 2. The SMILES string of the molecule is CC.CC.COC1CCC2(C)C(=CCC3C4CCOCC4(C)CCC32)C1. The first kappa shape index (κ1) is 22.0. The van der Waals surface area contributed by atoms with Crippen LogP contribution in [-0.2, 0) is 9.47 Å². The van der Waals surface area contributed by atoms with Crippen LogP contribution in [0, 0.1) is 28.6 Å². The van der Waals surface area contributed by atoms with Crippen molar-refractivity contribution in [3.05, 3.63) is 11.6 Å². The van der Waals surface area contributed by atoms with Crippen molar-refractivity contribution in [3.63, 3.8) is 0 Å². The van der Waals surface area contributed by atoms with Crippen LogP contribution in [0.2, 0.25) is 0 Å². The maximum absolute atomic E-state index is 5.85. The number of hydrogen-bond donors (Lipinski definition) is 0. The minimum atomic E-state index is 0.449. The number of methoxy groups -OCH3 is 1. The van der Waals surface area contributed by atoms with Crippen molar-refractivity contribution in [2.45, 2.75) is 92.6 Å². The van der Waals surface area contributed by atoms with E-state index in [9.17, 15) is 0 Å². The Morgan fingerprint density at radius 1 is 1.00 bits per heavy atom. The second-order valence-corrected chi connectivity index (χ2v) is 8.89. The standard InChI is InChI=1S/C20H32O2.2C2H6/c1-19-9-7-18-16(17(19)8-11-22-13-19)5-4-14-12-15(21-3)6-10-20(14,18)2;2*1-2/h4,15-18H,5-13H2,1-3H3;2*1-2H3. The van der Waals surface area contributed by atoms with Gasteiger partial charge in [0.15, 0.2) is 0 Å². The molecule has 3 fully saturated rings. The smallest absolute Gasteiger partial charge is 0.0608 e. The van der Waals surface area contributed by atoms with E-state index in [0.717, 1.165) is 31.0 Å². The molecule has 0 aromatic heterocycles. The zero-order chi connectivity index (χ0) is 19.4. The van der Waals surface area contributed by atoms with Crippen LogP contribution in [0.1, 0.15) is 86.5 Å². The van der Waals surface area contributed by atoms with Gasteiger partial charge in [-0.2, -0.15) is 0 Å². The van der Waals surface area contributed by atoms with E-state index in [1.54, 1.807) is 5.57 Å². The molecule has 0 aromatic carbocycles. The minimum Gasteiger partial charge on any atom is -0.381 e. The molecule has 2 saturated carbocycles. The summed E-state index contributed by atoms with van der Waals surface area (Å²) in [4.78, 5) is 0. The monoisotopic (exact) mass is 364 g/mol. The highest BCUT2D eigenvalue weighted by Crippen LogP contribution is 2.62. The molecule has 26 heavy (non-hydrogen) atoms. The van der Waals surface area contributed by atoms with Crippen LogP contribution >= 0.6 is 0 Å². The van der Waals surface area contributed by atoms with Gasteiger partial charge in [-0.15, -0.1) is 0 Å². The molecule has 2 heteroatoms. The molecule has 2 nitrogen and oxygen atoms in total. The van der Waals surface area contributed by atoms with E-state index >= 15 is 0 Å². The molecular weight excluding hydrogens is 320 g/mol. The molecule has 0 bridgehead atoms. The lowest BCUT2D eigenvalue weighted by Gasteiger charge is -2.59. The maximum Gasteiger partial charge on any atom is 0.0608 e. The van der Waals surface area contributed by atoms with Crippen molar-refractivity contribution in [1.29, 1.82) is 0 Å². The van der Waals surface area contributed by atoms with E-state index in [0.29, 0.717) is 16.9 Å². The summed E-state index contributed by atoms with van der Waals surface area (Å²) in [6.45, 7) is 15.1. The summed E-state index contributed by atoms with van der Waals surface area (Å²) in [5.41, 5.74) is 2.63. The highest BCUT2D eigenvalue weighted by atomic mass is 16.5. The fraction of sp³-hybridized carbons (Fsp3) is 0.917. The van der Waals surface area contributed by atoms with Crippen molar-refractivity contribution in [3.8, 4) is 0 Å². The summed E-state index contributed by atoms with van der Waals surface area (Å²) < 4.78 is 11.5. The van der Waals surface area contributed by atoms with E-state index < -0.39 is 0 Å². The minimum absolute atomic E-state index is 0.449. The molecule has 4 aliphatic rings. The number of rotatable bonds is 1. The lowest BCUT2D eigenvalue weighted by molar-refractivity contribution is -0.125. The lowest BCUT2D eigenvalue weighted by atomic mass is 9.47. The second kappa shape index (κ2) is 9.24. The van der Waals surface area contributed by atoms with Gasteiger partial charge in [-0.25, -0.2) is 0 Å². The number of allylic oxidation sites excluding steroid dienone is 1. The topological polar surface area (TPSA) is 18.5 Å². The third-order valence-corrected chi connectivity index (χ3v) is 7.92. The Balaban J connectivity index is 0.000000570. The normalized spacial score (nSPS) is 43.9. The van der Waals surface area contributed by atoms with Crippen LogP contribution in [0.15, 0.2) is 11.6 Å². The molecule has 1 heterocycles. The summed E-state index contributed by atoms with van der Waals surface area (Å²) in [5.74, 6) is 2.69. The summed E-state index contributed by atoms with van der Waals surface area (Å²) in [7, 11) is 1.88. The van der Waals surface area contributed by atoms with Crippen LogP contribution in [0.3, 0.4) is 0 Å². The molecule has 6 atom stereocenters. The fourth-order valence-electron chi connectivity index (χ4n) is 6.48. The molecule has 0 radical (unpaired) electrons. The molecule has 0 aromatic rings. The molecule has 0 N–H and O–H groups in total. The van der Waals surface area contributed by atoms with Gasteiger partial charge < -0.3 is 9.47 Å². The molecule has 4 rings (SSSR count). The second-order valence-electron chi connectivity index (χ2n) is 8.89. The van der Waals surface area contributed by atoms with E-state index in [-0.39, 0.29) is 0 Å². The summed E-state index contributed by atoms with van der Waals surface area (Å²) >= 11 is 0. The Morgan fingerprint density at radius 2 is 1.73 bits per heavy atom. The first-order valence-corrected chi connectivity index (χ1v) is 11.4. The zero-order valence-corrected chi connectivity index (χ0v) is 18.6. The lowest BCUT2D eigenvalue weighted by Crippen LogP contribution is -2.53. The number of hydrogen-bond acceptors (Lipinski definition) is 2. The van der Waals surface area contributed by atoms with E-state index in [1.807, 2.05) is 34.8 Å². The molecule has 3 aliphatic carbocycles. The van der Waals surface area contributed by atoms with Gasteiger partial charge in [0.2, 0.25) is 0 Å². The maximum atomic E-state index is 5.85. The van der Waals surface area contributed by atoms with Crippen molar-refractivity contribution in [2.24, 2.45) is 28.6 Å². The van der Waals surface area contributed by atoms with Gasteiger partial charge in [0.1, 0.15) is 0 Å². The van der Waals surface area contributed by atoms with Gasteiger partial charge >= 0.3 is 0 Å². The van der Waals surface area contributed by atoms with E-state index in [1.165, 1.54) is 44.9 Å². The van der Waals surface area contributed by atoms with E-state index in [2.05, 4.69) is 19.9 Å². The van der Waals surface area contributed by atoms with Crippen LogP contribution in [-0.4, -0.2) is 26.4 Å². The van der Waals surface area contributed by atoms with Gasteiger partial charge in [0, 0.05) is 13.7 Å². The Kier molecular flexibility index (Phi) is 7.80. The average molecular weight is 365 g/mol. The summed E-state index contributed by atoms with van der Waals surface area (Å²) in [6.07, 6.45) is 12.2. The predicted molar refractivity (Wildman–Crippen MR) is 111 cm³/mol. The molecule has 0 spiro atoms. The van der Waals surface area contributed by atoms with Crippen molar-refractivity contribution in [2.75, 3.05) is 20.3 Å². The molecule has 0 amide bonds. The van der Waals surface area contributed by atoms with Crippen molar-refractivity contribution >= 4 is 0 Å². The van der Waals surface area contributed by atoms with Crippen LogP contribution < -0.4 is 0 Å². The predicted octanol–water partition coefficient (Wildman–Crippen LogP) is 6.64. The van der Waals surface area contributed by atoms with Crippen LogP contribution in [0.25, 0.3) is 0 Å². The first-order valence-electron chi connectivity index (χ1n) is 11.4. The van der Waals surface area contributed by atoms with Gasteiger partial charge in [-0.1, -0.05) is 53.2 Å². The van der Waals surface area contributed by atoms with Gasteiger partial charge in [0.25, 0.3) is 0 Å². The van der Waals surface area contributed by atoms with E-state index in [4.69, 9.17) is 9.47 Å². The molecule has 152 valence electrons. The fourth-order valence-corrected chi connectivity index (χ4v) is 6.48. The van der Waals surface area contributed by atoms with Crippen LogP contribution in [0.5, 0.6) is 0 Å². The van der Waals surface area contributed by atoms with Gasteiger partial charge in [-0.3, -0.25) is 0 Å². The first-order chi connectivity index (χ1) is 12.6. The van der Waals surface area contributed by atoms with Gasteiger partial charge in [-0.05, 0) is 73.5 Å². The molecule has 1 saturated heterocycles. The highest BCUT2D eigenvalue weighted by Gasteiger charge is 2.55. The third-order valence-electron chi connectivity index (χ3n) is 7.92. The summed E-state index contributed by atoms with van der Waals surface area (Å²) in [6, 6.07) is 0. The largest absolute Gasteiger partial charge is 0.381 e. The number of fused-ring (bicyclic) bond motifs is 5.